The second kappa shape index (κ2) is 7.72. The number of para-hydroxylation sites is 1. The highest BCUT2D eigenvalue weighted by atomic mass is 16.5. The molecule has 0 radical (unpaired) electrons. The summed E-state index contributed by atoms with van der Waals surface area (Å²) in [6.07, 6.45) is 5.53. The zero-order valence-corrected chi connectivity index (χ0v) is 13.7. The van der Waals surface area contributed by atoms with Crippen molar-refractivity contribution < 1.29 is 19.0 Å². The van der Waals surface area contributed by atoms with E-state index in [0.29, 0.717) is 24.2 Å². The molecule has 0 saturated carbocycles. The molecule has 2 rings (SSSR count). The van der Waals surface area contributed by atoms with Crippen LogP contribution in [0, 0.1) is 0 Å². The summed E-state index contributed by atoms with van der Waals surface area (Å²) in [6.45, 7) is 6.12. The van der Waals surface area contributed by atoms with Gasteiger partial charge in [-0.1, -0.05) is 25.1 Å². The zero-order chi connectivity index (χ0) is 16.8. The highest BCUT2D eigenvalue weighted by molar-refractivity contribution is 5.89. The summed E-state index contributed by atoms with van der Waals surface area (Å²) in [5, 5.41) is 10.4. The van der Waals surface area contributed by atoms with Gasteiger partial charge in [0.05, 0.1) is 18.1 Å². The fourth-order valence-electron chi connectivity index (χ4n) is 2.16. The summed E-state index contributed by atoms with van der Waals surface area (Å²) in [5.74, 6) is 0.244. The first kappa shape index (κ1) is 16.9. The topological polar surface area (TPSA) is 68.9 Å². The Morgan fingerprint density at radius 1 is 1.26 bits per heavy atom. The molecule has 5 nitrogen and oxygen atoms in total. The summed E-state index contributed by atoms with van der Waals surface area (Å²) in [5.41, 5.74) is -0.555. The maximum absolute atomic E-state index is 12.2. The maximum Gasteiger partial charge on any atom is 0.383 e. The number of benzene rings is 1. The predicted octanol–water partition coefficient (Wildman–Crippen LogP) is 4.02. The third-order valence-electron chi connectivity index (χ3n) is 3.11. The van der Waals surface area contributed by atoms with Gasteiger partial charge in [0.15, 0.2) is 17.1 Å². The highest BCUT2D eigenvalue weighted by Crippen LogP contribution is 2.36. The Balaban J connectivity index is 2.43. The summed E-state index contributed by atoms with van der Waals surface area (Å²) in [4.78, 5) is 12.2. The molecule has 0 spiro atoms. The van der Waals surface area contributed by atoms with Crippen molar-refractivity contribution in [1.29, 1.82) is 0 Å². The minimum absolute atomic E-state index is 0.0432. The number of phenolic OH excluding ortho intramolecular Hbond substituents is 1. The minimum Gasteiger partial charge on any atom is -0.504 e. The predicted molar refractivity (Wildman–Crippen MR) is 89.5 cm³/mol. The van der Waals surface area contributed by atoms with E-state index >= 15 is 0 Å². The molecule has 2 aromatic rings. The van der Waals surface area contributed by atoms with Crippen molar-refractivity contribution in [2.45, 2.75) is 39.7 Å². The molecule has 124 valence electrons. The molecule has 23 heavy (non-hydrogen) atoms. The van der Waals surface area contributed by atoms with Crippen molar-refractivity contribution in [2.24, 2.45) is 0 Å². The van der Waals surface area contributed by atoms with E-state index in [2.05, 4.69) is 6.92 Å². The number of hydrogen-bond donors (Lipinski definition) is 1. The van der Waals surface area contributed by atoms with Crippen molar-refractivity contribution >= 4 is 11.0 Å². The molecular weight excluding hydrogens is 296 g/mol. The second-order valence-electron chi connectivity index (χ2n) is 5.38. The van der Waals surface area contributed by atoms with Gasteiger partial charge in [-0.15, -0.1) is 0 Å². The lowest BCUT2D eigenvalue weighted by Gasteiger charge is -2.15. The van der Waals surface area contributed by atoms with Crippen molar-refractivity contribution in [3.63, 3.8) is 0 Å². The van der Waals surface area contributed by atoms with Crippen LogP contribution < -0.4 is 15.1 Å². The molecule has 0 aliphatic carbocycles. The van der Waals surface area contributed by atoms with Crippen LogP contribution in [0.1, 0.15) is 33.6 Å². The molecule has 1 aromatic heterocycles. The van der Waals surface area contributed by atoms with E-state index in [1.165, 1.54) is 6.07 Å². The number of hydrogen-bond acceptors (Lipinski definition) is 5. The maximum atomic E-state index is 12.2. The van der Waals surface area contributed by atoms with E-state index in [4.69, 9.17) is 13.9 Å². The van der Waals surface area contributed by atoms with Gasteiger partial charge in [-0.2, -0.15) is 0 Å². The molecule has 0 saturated heterocycles. The molecule has 0 unspecified atom stereocenters. The molecule has 1 aromatic carbocycles. The lowest BCUT2D eigenvalue weighted by molar-refractivity contribution is 0.219. The molecule has 5 heteroatoms. The number of aromatic hydroxyl groups is 1. The SMILES string of the molecule is CC/C=C/CCOc1c(OC(C)C)c2cccc(O)c2oc1=O. The van der Waals surface area contributed by atoms with Crippen molar-refractivity contribution in [1.82, 2.24) is 0 Å². The van der Waals surface area contributed by atoms with Crippen molar-refractivity contribution in [2.75, 3.05) is 6.61 Å². The lowest BCUT2D eigenvalue weighted by atomic mass is 10.2. The third-order valence-corrected chi connectivity index (χ3v) is 3.11. The Kier molecular flexibility index (Phi) is 5.68. The van der Waals surface area contributed by atoms with Gasteiger partial charge in [-0.05, 0) is 38.8 Å². The van der Waals surface area contributed by atoms with Gasteiger partial charge in [0, 0.05) is 0 Å². The Morgan fingerprint density at radius 2 is 2.04 bits per heavy atom. The molecular formula is C18H22O5. The quantitative estimate of drug-likeness (QED) is 0.474. The summed E-state index contributed by atoms with van der Waals surface area (Å²) >= 11 is 0. The highest BCUT2D eigenvalue weighted by Gasteiger charge is 2.20. The van der Waals surface area contributed by atoms with Crippen LogP contribution in [0.15, 0.2) is 39.6 Å². The van der Waals surface area contributed by atoms with Crippen molar-refractivity contribution in [3.8, 4) is 17.2 Å². The van der Waals surface area contributed by atoms with E-state index in [1.807, 2.05) is 26.0 Å². The molecule has 1 N–H and O–H groups in total. The average molecular weight is 318 g/mol. The molecule has 1 heterocycles. The third kappa shape index (κ3) is 4.06. The largest absolute Gasteiger partial charge is 0.504 e. The molecule has 0 bridgehead atoms. The first-order valence-corrected chi connectivity index (χ1v) is 7.77. The molecule has 0 amide bonds. The molecule has 0 atom stereocenters. The van der Waals surface area contributed by atoms with Crippen LogP contribution in [-0.4, -0.2) is 17.8 Å². The first-order chi connectivity index (χ1) is 11.0. The Hall–Kier alpha value is -2.43. The fourth-order valence-corrected chi connectivity index (χ4v) is 2.16. The smallest absolute Gasteiger partial charge is 0.383 e. The van der Waals surface area contributed by atoms with Crippen LogP contribution in [0.2, 0.25) is 0 Å². The number of allylic oxidation sites excluding steroid dienone is 1. The van der Waals surface area contributed by atoms with Crippen LogP contribution in [0.3, 0.4) is 0 Å². The molecule has 0 aliphatic heterocycles. The van der Waals surface area contributed by atoms with E-state index in [-0.39, 0.29) is 23.2 Å². The van der Waals surface area contributed by atoms with Crippen LogP contribution in [0.5, 0.6) is 17.2 Å². The van der Waals surface area contributed by atoms with E-state index in [0.717, 1.165) is 6.42 Å². The Morgan fingerprint density at radius 3 is 2.74 bits per heavy atom. The van der Waals surface area contributed by atoms with Gasteiger partial charge in [0.1, 0.15) is 0 Å². The van der Waals surface area contributed by atoms with Gasteiger partial charge >= 0.3 is 5.63 Å². The van der Waals surface area contributed by atoms with E-state index in [9.17, 15) is 9.90 Å². The molecule has 0 fully saturated rings. The number of ether oxygens (including phenoxy) is 2. The van der Waals surface area contributed by atoms with Gasteiger partial charge in [-0.25, -0.2) is 4.79 Å². The van der Waals surface area contributed by atoms with Crippen LogP contribution in [-0.2, 0) is 0 Å². The first-order valence-electron chi connectivity index (χ1n) is 7.77. The van der Waals surface area contributed by atoms with Crippen LogP contribution >= 0.6 is 0 Å². The van der Waals surface area contributed by atoms with E-state index in [1.54, 1.807) is 12.1 Å². The summed E-state index contributed by atoms with van der Waals surface area (Å²) in [6, 6.07) is 4.85. The van der Waals surface area contributed by atoms with E-state index < -0.39 is 5.63 Å². The van der Waals surface area contributed by atoms with Crippen molar-refractivity contribution in [3.05, 3.63) is 40.8 Å². The number of rotatable bonds is 7. The monoisotopic (exact) mass is 318 g/mol. The number of fused-ring (bicyclic) bond motifs is 1. The number of phenols is 1. The van der Waals surface area contributed by atoms with Crippen LogP contribution in [0.4, 0.5) is 0 Å². The van der Waals surface area contributed by atoms with Gasteiger partial charge in [0.2, 0.25) is 5.75 Å². The molecule has 0 aliphatic rings. The fraction of sp³-hybridized carbons (Fsp3) is 0.389. The van der Waals surface area contributed by atoms with Crippen LogP contribution in [0.25, 0.3) is 11.0 Å². The Bertz CT molecular complexity index is 743. The Labute approximate surface area is 135 Å². The summed E-state index contributed by atoms with van der Waals surface area (Å²) < 4.78 is 16.6. The van der Waals surface area contributed by atoms with Gasteiger partial charge in [0.25, 0.3) is 0 Å². The minimum atomic E-state index is -0.658. The van der Waals surface area contributed by atoms with Gasteiger partial charge in [-0.3, -0.25) is 0 Å². The zero-order valence-electron chi connectivity index (χ0n) is 13.7. The normalized spacial score (nSPS) is 11.5. The summed E-state index contributed by atoms with van der Waals surface area (Å²) in [7, 11) is 0. The lowest BCUT2D eigenvalue weighted by Crippen LogP contribution is -2.14. The van der Waals surface area contributed by atoms with Gasteiger partial charge < -0.3 is 19.0 Å². The standard InChI is InChI=1S/C18H22O5/c1-4-5-6-7-11-21-17-16(22-12(2)3)13-9-8-10-14(19)15(13)23-18(17)20/h5-6,8-10,12,19H,4,7,11H2,1-3H3/b6-5+. The second-order valence-corrected chi connectivity index (χ2v) is 5.38. The average Bonchev–Trinajstić information content (AvgIpc) is 2.50.